The fourth-order valence-electron chi connectivity index (χ4n) is 3.13. The van der Waals surface area contributed by atoms with Crippen molar-refractivity contribution in [3.8, 4) is 6.01 Å². The van der Waals surface area contributed by atoms with Gasteiger partial charge in [0.15, 0.2) is 11.2 Å². The number of halogens is 1. The number of ether oxygens (including phenoxy) is 2. The van der Waals surface area contributed by atoms with Gasteiger partial charge in [-0.2, -0.15) is 14.6 Å². The van der Waals surface area contributed by atoms with Crippen LogP contribution in [0.2, 0.25) is 0 Å². The van der Waals surface area contributed by atoms with E-state index in [1.807, 2.05) is 30.3 Å². The molecule has 0 amide bonds. The summed E-state index contributed by atoms with van der Waals surface area (Å²) in [4.78, 5) is 20.7. The maximum absolute atomic E-state index is 14.1. The Labute approximate surface area is 158 Å². The lowest BCUT2D eigenvalue weighted by atomic mass is 10.2. The average molecular weight is 390 g/mol. The molecule has 0 saturated carbocycles. The van der Waals surface area contributed by atoms with Crippen LogP contribution in [-0.2, 0) is 11.3 Å². The zero-order chi connectivity index (χ0) is 19.8. The maximum atomic E-state index is 14.1. The Hall–Kier alpha value is -3.18. The van der Waals surface area contributed by atoms with Gasteiger partial charge in [0, 0.05) is 6.42 Å². The molecule has 1 aliphatic rings. The second-order valence-corrected chi connectivity index (χ2v) is 6.42. The summed E-state index contributed by atoms with van der Waals surface area (Å²) in [5, 5.41) is 9.28. The largest absolute Gasteiger partial charge is 0.460 e. The summed E-state index contributed by atoms with van der Waals surface area (Å²) in [7, 11) is 0. The van der Waals surface area contributed by atoms with Crippen molar-refractivity contribution in [1.29, 1.82) is 0 Å². The van der Waals surface area contributed by atoms with Gasteiger partial charge in [-0.1, -0.05) is 30.3 Å². The van der Waals surface area contributed by atoms with Gasteiger partial charge in [0.25, 0.3) is 0 Å². The van der Waals surface area contributed by atoms with Gasteiger partial charge in [-0.25, -0.2) is 4.39 Å². The van der Waals surface area contributed by atoms with Crippen molar-refractivity contribution in [2.75, 3.05) is 18.2 Å². The van der Waals surface area contributed by atoms with Crippen molar-refractivity contribution >= 4 is 17.1 Å². The Kier molecular flexibility index (Phi) is 4.61. The van der Waals surface area contributed by atoms with Gasteiger partial charge in [0.1, 0.15) is 25.1 Å². The highest BCUT2D eigenvalue weighted by atomic mass is 19.1. The molecule has 3 heterocycles. The van der Waals surface area contributed by atoms with Crippen molar-refractivity contribution in [2.45, 2.75) is 31.5 Å². The maximum Gasteiger partial charge on any atom is 0.301 e. The highest BCUT2D eigenvalue weighted by Crippen LogP contribution is 2.35. The summed E-state index contributed by atoms with van der Waals surface area (Å²) in [6.07, 6.45) is -3.31. The molecular weight excluding hydrogens is 371 g/mol. The Morgan fingerprint density at radius 3 is 2.75 bits per heavy atom. The quantitative estimate of drug-likeness (QED) is 0.520. The summed E-state index contributed by atoms with van der Waals surface area (Å²) < 4.78 is 27.5. The van der Waals surface area contributed by atoms with E-state index in [9.17, 15) is 14.3 Å². The Morgan fingerprint density at radius 1 is 1.32 bits per heavy atom. The molecule has 10 nitrogen and oxygen atoms in total. The third-order valence-corrected chi connectivity index (χ3v) is 4.58. The van der Waals surface area contributed by atoms with E-state index < -0.39 is 30.7 Å². The first kappa shape index (κ1) is 18.2. The molecule has 3 aromatic rings. The van der Waals surface area contributed by atoms with Crippen LogP contribution < -0.4 is 21.9 Å². The van der Waals surface area contributed by atoms with Crippen LogP contribution in [0.3, 0.4) is 0 Å². The van der Waals surface area contributed by atoms with Crippen molar-refractivity contribution in [2.24, 2.45) is 0 Å². The smallest absolute Gasteiger partial charge is 0.301 e. The van der Waals surface area contributed by atoms with Crippen LogP contribution in [-0.4, -0.2) is 43.2 Å². The number of nitrogens with zero attached hydrogens (tertiary/aromatic N) is 4. The molecule has 4 rings (SSSR count). The molecule has 1 fully saturated rings. The van der Waals surface area contributed by atoms with E-state index in [-0.39, 0.29) is 36.2 Å². The Morgan fingerprint density at radius 2 is 2.07 bits per heavy atom. The van der Waals surface area contributed by atoms with E-state index in [0.29, 0.717) is 4.68 Å². The van der Waals surface area contributed by atoms with Crippen LogP contribution in [0.4, 0.5) is 10.3 Å². The summed E-state index contributed by atoms with van der Waals surface area (Å²) >= 11 is 0. The number of nitrogens with two attached hydrogens (primary N) is 2. The van der Waals surface area contributed by atoms with E-state index >= 15 is 0 Å². The SMILES string of the molecule is Nc1nc2c(nc(OCc3ccccc3)n2C2CC(F)C(CO)O2)c(=O)n1N. The highest BCUT2D eigenvalue weighted by molar-refractivity contribution is 5.72. The number of imidazole rings is 1. The van der Waals surface area contributed by atoms with Crippen LogP contribution in [0.1, 0.15) is 18.2 Å². The number of hydrogen-bond acceptors (Lipinski definition) is 8. The second-order valence-electron chi connectivity index (χ2n) is 6.42. The molecule has 0 aliphatic carbocycles. The molecule has 0 spiro atoms. The fraction of sp³-hybridized carbons (Fsp3) is 0.353. The van der Waals surface area contributed by atoms with Gasteiger partial charge in [-0.15, -0.1) is 0 Å². The molecule has 11 heteroatoms. The summed E-state index contributed by atoms with van der Waals surface area (Å²) in [5.74, 6) is 5.36. The van der Waals surface area contributed by atoms with Crippen molar-refractivity contribution < 1.29 is 19.0 Å². The first-order valence-electron chi connectivity index (χ1n) is 8.62. The number of nitrogen functional groups attached to an aromatic ring is 2. The molecule has 3 atom stereocenters. The van der Waals surface area contributed by atoms with Gasteiger partial charge in [-0.3, -0.25) is 9.36 Å². The number of aliphatic hydroxyl groups excluding tert-OH is 1. The van der Waals surface area contributed by atoms with Crippen LogP contribution in [0.25, 0.3) is 11.2 Å². The molecular formula is C17H19FN6O4. The first-order chi connectivity index (χ1) is 13.5. The van der Waals surface area contributed by atoms with Crippen molar-refractivity contribution in [3.63, 3.8) is 0 Å². The van der Waals surface area contributed by atoms with Crippen molar-refractivity contribution in [1.82, 2.24) is 19.2 Å². The third kappa shape index (κ3) is 3.04. The molecule has 5 N–H and O–H groups in total. The first-order valence-corrected chi connectivity index (χ1v) is 8.62. The summed E-state index contributed by atoms with van der Waals surface area (Å²) in [6.45, 7) is -0.318. The lowest BCUT2D eigenvalue weighted by Gasteiger charge is -2.16. The Bertz CT molecular complexity index is 1050. The van der Waals surface area contributed by atoms with Gasteiger partial charge >= 0.3 is 11.6 Å². The summed E-state index contributed by atoms with van der Waals surface area (Å²) in [6, 6.07) is 9.33. The minimum absolute atomic E-state index is 0.0184. The van der Waals surface area contributed by atoms with Gasteiger partial charge < -0.3 is 26.2 Å². The fourth-order valence-corrected chi connectivity index (χ4v) is 3.13. The topological polar surface area (TPSA) is 143 Å². The van der Waals surface area contributed by atoms with Crippen LogP contribution in [0.15, 0.2) is 35.1 Å². The number of benzene rings is 1. The second kappa shape index (κ2) is 7.09. The number of alkyl halides is 1. The minimum Gasteiger partial charge on any atom is -0.460 e. The van der Waals surface area contributed by atoms with Crippen LogP contribution in [0, 0.1) is 0 Å². The predicted octanol–water partition coefficient (Wildman–Crippen LogP) is 0.0859. The summed E-state index contributed by atoms with van der Waals surface area (Å²) in [5.41, 5.74) is 5.90. The van der Waals surface area contributed by atoms with Gasteiger partial charge in [0.05, 0.1) is 6.61 Å². The van der Waals surface area contributed by atoms with E-state index in [4.69, 9.17) is 21.1 Å². The molecule has 1 saturated heterocycles. The van der Waals surface area contributed by atoms with E-state index in [1.165, 1.54) is 4.57 Å². The zero-order valence-electron chi connectivity index (χ0n) is 14.7. The molecule has 0 bridgehead atoms. The zero-order valence-corrected chi connectivity index (χ0v) is 14.7. The number of aliphatic hydroxyl groups is 1. The van der Waals surface area contributed by atoms with Gasteiger partial charge in [0.2, 0.25) is 5.95 Å². The highest BCUT2D eigenvalue weighted by Gasteiger charge is 2.38. The molecule has 2 aromatic heterocycles. The van der Waals surface area contributed by atoms with Crippen LogP contribution in [0.5, 0.6) is 6.01 Å². The monoisotopic (exact) mass is 390 g/mol. The average Bonchev–Trinajstić information content (AvgIpc) is 3.25. The van der Waals surface area contributed by atoms with E-state index in [2.05, 4.69) is 9.97 Å². The predicted molar refractivity (Wildman–Crippen MR) is 97.6 cm³/mol. The van der Waals surface area contributed by atoms with E-state index in [1.54, 1.807) is 0 Å². The van der Waals surface area contributed by atoms with E-state index in [0.717, 1.165) is 5.56 Å². The molecule has 0 radical (unpaired) electrons. The standard InChI is InChI=1S/C17H19FN6O4/c18-10-6-12(28-11(10)7-25)23-14-13(15(26)24(20)16(19)22-14)21-17(23)27-8-9-4-2-1-3-5-9/h1-5,10-12,25H,6-8,20H2,(H2,19,22). The number of aromatic nitrogens is 4. The number of hydrogen-bond donors (Lipinski definition) is 3. The molecule has 1 aromatic carbocycles. The molecule has 1 aliphatic heterocycles. The van der Waals surface area contributed by atoms with Crippen molar-refractivity contribution in [3.05, 3.63) is 46.2 Å². The third-order valence-electron chi connectivity index (χ3n) is 4.58. The normalized spacial score (nSPS) is 22.0. The Balaban J connectivity index is 1.79. The molecule has 148 valence electrons. The van der Waals surface area contributed by atoms with Gasteiger partial charge in [-0.05, 0) is 5.56 Å². The lowest BCUT2D eigenvalue weighted by molar-refractivity contribution is -0.0353. The molecule has 28 heavy (non-hydrogen) atoms. The van der Waals surface area contributed by atoms with Crippen LogP contribution >= 0.6 is 0 Å². The number of fused-ring (bicyclic) bond motifs is 1. The number of anilines is 1. The lowest BCUT2D eigenvalue weighted by Crippen LogP contribution is -2.31. The molecule has 3 unspecified atom stereocenters. The number of rotatable bonds is 5. The minimum atomic E-state index is -1.39.